The number of rotatable bonds is 6. The van der Waals surface area contributed by atoms with Crippen LogP contribution in [0, 0.1) is 13.8 Å². The predicted molar refractivity (Wildman–Crippen MR) is 76.0 cm³/mol. The van der Waals surface area contributed by atoms with E-state index in [9.17, 15) is 4.79 Å². The summed E-state index contributed by atoms with van der Waals surface area (Å²) >= 11 is 0. The lowest BCUT2D eigenvalue weighted by atomic mass is 10.1. The van der Waals surface area contributed by atoms with E-state index in [4.69, 9.17) is 0 Å². The smallest absolute Gasteiger partial charge is 0.251 e. The molecule has 0 heterocycles. The van der Waals surface area contributed by atoms with Gasteiger partial charge >= 0.3 is 0 Å². The van der Waals surface area contributed by atoms with Crippen LogP contribution in [0.5, 0.6) is 0 Å². The fourth-order valence-electron chi connectivity index (χ4n) is 2.08. The Balaban J connectivity index is 2.50. The van der Waals surface area contributed by atoms with Crippen molar-refractivity contribution in [3.8, 4) is 0 Å². The molecule has 0 aromatic heterocycles. The Bertz CT molecular complexity index is 377. The molecule has 0 saturated heterocycles. The highest BCUT2D eigenvalue weighted by Crippen LogP contribution is 2.08. The summed E-state index contributed by atoms with van der Waals surface area (Å²) in [4.78, 5) is 14.3. The average Bonchev–Trinajstić information content (AvgIpc) is 2.33. The predicted octanol–water partition coefficient (Wildman–Crippen LogP) is 2.38. The zero-order valence-electron chi connectivity index (χ0n) is 11.9. The number of nitrogens with one attached hydrogen (secondary N) is 1. The van der Waals surface area contributed by atoms with Crippen LogP contribution >= 0.6 is 0 Å². The van der Waals surface area contributed by atoms with Crippen molar-refractivity contribution >= 4 is 5.91 Å². The molecule has 1 rings (SSSR count). The van der Waals surface area contributed by atoms with Gasteiger partial charge in [0.2, 0.25) is 0 Å². The molecule has 0 radical (unpaired) electrons. The molecule has 1 N–H and O–H groups in total. The Hall–Kier alpha value is -1.35. The van der Waals surface area contributed by atoms with Crippen LogP contribution in [-0.2, 0) is 0 Å². The molecular formula is C15H24N2O. The molecule has 3 nitrogen and oxygen atoms in total. The molecule has 0 spiro atoms. The minimum atomic E-state index is 0.0222. The molecule has 3 heteroatoms. The van der Waals surface area contributed by atoms with Crippen molar-refractivity contribution in [2.75, 3.05) is 26.2 Å². The largest absolute Gasteiger partial charge is 0.351 e. The molecule has 0 saturated carbocycles. The molecule has 1 amide bonds. The number of carbonyl (C=O) groups is 1. The summed E-state index contributed by atoms with van der Waals surface area (Å²) in [6.07, 6.45) is 0. The van der Waals surface area contributed by atoms with Gasteiger partial charge in [0.15, 0.2) is 0 Å². The van der Waals surface area contributed by atoms with Gasteiger partial charge in [-0.05, 0) is 39.1 Å². The van der Waals surface area contributed by atoms with Gasteiger partial charge in [-0.1, -0.05) is 31.0 Å². The van der Waals surface area contributed by atoms with E-state index in [0.29, 0.717) is 6.54 Å². The van der Waals surface area contributed by atoms with E-state index < -0.39 is 0 Å². The first kappa shape index (κ1) is 14.7. The van der Waals surface area contributed by atoms with Crippen LogP contribution in [0.2, 0.25) is 0 Å². The Morgan fingerprint density at radius 1 is 1.11 bits per heavy atom. The second kappa shape index (κ2) is 7.17. The summed E-state index contributed by atoms with van der Waals surface area (Å²) < 4.78 is 0. The van der Waals surface area contributed by atoms with Crippen molar-refractivity contribution in [2.24, 2.45) is 0 Å². The van der Waals surface area contributed by atoms with Gasteiger partial charge in [0, 0.05) is 18.7 Å². The van der Waals surface area contributed by atoms with Crippen molar-refractivity contribution in [3.63, 3.8) is 0 Å². The second-order valence-electron chi connectivity index (χ2n) is 4.66. The number of likely N-dealkylation sites (N-methyl/N-ethyl adjacent to an activating group) is 1. The van der Waals surface area contributed by atoms with Gasteiger partial charge in [-0.2, -0.15) is 0 Å². The van der Waals surface area contributed by atoms with Gasteiger partial charge in [-0.3, -0.25) is 4.79 Å². The van der Waals surface area contributed by atoms with Crippen LogP contribution < -0.4 is 5.32 Å². The second-order valence-corrected chi connectivity index (χ2v) is 4.66. The molecule has 0 aliphatic rings. The SMILES string of the molecule is CCN(CC)CCNC(=O)c1cc(C)cc(C)c1. The topological polar surface area (TPSA) is 32.3 Å². The lowest BCUT2D eigenvalue weighted by molar-refractivity contribution is 0.0948. The number of hydrogen-bond acceptors (Lipinski definition) is 2. The highest BCUT2D eigenvalue weighted by molar-refractivity contribution is 5.94. The van der Waals surface area contributed by atoms with Crippen molar-refractivity contribution in [1.82, 2.24) is 10.2 Å². The summed E-state index contributed by atoms with van der Waals surface area (Å²) in [5, 5.41) is 2.97. The van der Waals surface area contributed by atoms with Crippen molar-refractivity contribution in [3.05, 3.63) is 34.9 Å². The summed E-state index contributed by atoms with van der Waals surface area (Å²) in [5.41, 5.74) is 3.01. The third-order valence-electron chi connectivity index (χ3n) is 3.09. The number of carbonyl (C=O) groups excluding carboxylic acids is 1. The van der Waals surface area contributed by atoms with Crippen molar-refractivity contribution in [1.29, 1.82) is 0 Å². The first-order valence-corrected chi connectivity index (χ1v) is 6.65. The Morgan fingerprint density at radius 2 is 1.67 bits per heavy atom. The normalized spacial score (nSPS) is 10.7. The van der Waals surface area contributed by atoms with Gasteiger partial charge in [0.1, 0.15) is 0 Å². The fraction of sp³-hybridized carbons (Fsp3) is 0.533. The van der Waals surface area contributed by atoms with Crippen LogP contribution in [0.15, 0.2) is 18.2 Å². The van der Waals surface area contributed by atoms with Crippen LogP contribution in [0.25, 0.3) is 0 Å². The van der Waals surface area contributed by atoms with E-state index in [-0.39, 0.29) is 5.91 Å². The van der Waals surface area contributed by atoms with Crippen molar-refractivity contribution in [2.45, 2.75) is 27.7 Å². The minimum Gasteiger partial charge on any atom is -0.351 e. The maximum Gasteiger partial charge on any atom is 0.251 e. The zero-order valence-corrected chi connectivity index (χ0v) is 11.9. The number of aryl methyl sites for hydroxylation is 2. The average molecular weight is 248 g/mol. The van der Waals surface area contributed by atoms with E-state index in [1.165, 1.54) is 0 Å². The fourth-order valence-corrected chi connectivity index (χ4v) is 2.08. The highest BCUT2D eigenvalue weighted by Gasteiger charge is 2.06. The molecule has 0 aliphatic heterocycles. The standard InChI is InChI=1S/C15H24N2O/c1-5-17(6-2)8-7-16-15(18)14-10-12(3)9-13(4)11-14/h9-11H,5-8H2,1-4H3,(H,16,18). The third-order valence-corrected chi connectivity index (χ3v) is 3.09. The van der Waals surface area contributed by atoms with Gasteiger partial charge in [0.05, 0.1) is 0 Å². The molecule has 1 aromatic carbocycles. The molecule has 0 unspecified atom stereocenters. The number of nitrogens with zero attached hydrogens (tertiary/aromatic N) is 1. The lowest BCUT2D eigenvalue weighted by Gasteiger charge is -2.18. The Morgan fingerprint density at radius 3 is 2.17 bits per heavy atom. The number of amides is 1. The molecule has 0 bridgehead atoms. The Labute approximate surface area is 110 Å². The van der Waals surface area contributed by atoms with Crippen LogP contribution in [-0.4, -0.2) is 37.0 Å². The molecule has 0 fully saturated rings. The maximum atomic E-state index is 12.0. The monoisotopic (exact) mass is 248 g/mol. The van der Waals surface area contributed by atoms with Gasteiger partial charge in [-0.15, -0.1) is 0 Å². The summed E-state index contributed by atoms with van der Waals surface area (Å²) in [7, 11) is 0. The third kappa shape index (κ3) is 4.49. The number of hydrogen-bond donors (Lipinski definition) is 1. The molecule has 18 heavy (non-hydrogen) atoms. The first-order valence-electron chi connectivity index (χ1n) is 6.65. The zero-order chi connectivity index (χ0) is 13.5. The lowest BCUT2D eigenvalue weighted by Crippen LogP contribution is -2.34. The summed E-state index contributed by atoms with van der Waals surface area (Å²) in [6.45, 7) is 12.0. The summed E-state index contributed by atoms with van der Waals surface area (Å²) in [6, 6.07) is 5.94. The first-order chi connectivity index (χ1) is 8.56. The van der Waals surface area contributed by atoms with E-state index >= 15 is 0 Å². The van der Waals surface area contributed by atoms with E-state index in [1.807, 2.05) is 26.0 Å². The van der Waals surface area contributed by atoms with Crippen LogP contribution in [0.3, 0.4) is 0 Å². The molecule has 1 aromatic rings. The van der Waals surface area contributed by atoms with E-state index in [0.717, 1.165) is 36.3 Å². The van der Waals surface area contributed by atoms with Gasteiger partial charge in [0.25, 0.3) is 5.91 Å². The molecule has 0 aliphatic carbocycles. The summed E-state index contributed by atoms with van der Waals surface area (Å²) in [5.74, 6) is 0.0222. The molecule has 0 atom stereocenters. The minimum absolute atomic E-state index is 0.0222. The Kier molecular flexibility index (Phi) is 5.86. The molecular weight excluding hydrogens is 224 g/mol. The molecule has 100 valence electrons. The van der Waals surface area contributed by atoms with E-state index in [1.54, 1.807) is 0 Å². The van der Waals surface area contributed by atoms with Crippen molar-refractivity contribution < 1.29 is 4.79 Å². The van der Waals surface area contributed by atoms with Crippen LogP contribution in [0.4, 0.5) is 0 Å². The van der Waals surface area contributed by atoms with Crippen LogP contribution in [0.1, 0.15) is 35.3 Å². The van der Waals surface area contributed by atoms with E-state index in [2.05, 4.69) is 30.1 Å². The quantitative estimate of drug-likeness (QED) is 0.838. The van der Waals surface area contributed by atoms with Gasteiger partial charge < -0.3 is 10.2 Å². The van der Waals surface area contributed by atoms with Gasteiger partial charge in [-0.25, -0.2) is 0 Å². The highest BCUT2D eigenvalue weighted by atomic mass is 16.1. The number of benzene rings is 1. The maximum absolute atomic E-state index is 12.0.